The second-order valence-corrected chi connectivity index (χ2v) is 4.64. The van der Waals surface area contributed by atoms with Crippen LogP contribution >= 0.6 is 0 Å². The number of anilines is 1. The molecule has 0 spiro atoms. The molecule has 0 radical (unpaired) electrons. The number of pyridine rings is 1. The van der Waals surface area contributed by atoms with Gasteiger partial charge in [0.2, 0.25) is 0 Å². The maximum atomic E-state index is 4.41. The molecule has 0 N–H and O–H groups in total. The molecule has 3 nitrogen and oxygen atoms in total. The van der Waals surface area contributed by atoms with Crippen LogP contribution in [0, 0.1) is 0 Å². The van der Waals surface area contributed by atoms with Crippen LogP contribution in [0.5, 0.6) is 0 Å². The normalized spacial score (nSPS) is 17.6. The van der Waals surface area contributed by atoms with Crippen molar-refractivity contribution in [1.82, 2.24) is 9.88 Å². The van der Waals surface area contributed by atoms with Gasteiger partial charge < -0.3 is 9.80 Å². The van der Waals surface area contributed by atoms with Crippen LogP contribution in [0.1, 0.15) is 0 Å². The molecule has 1 fully saturated rings. The fourth-order valence-electron chi connectivity index (χ4n) is 2.41. The summed E-state index contributed by atoms with van der Waals surface area (Å²) in [5, 5.41) is 1.26. The third-order valence-electron chi connectivity index (χ3n) is 3.47. The van der Waals surface area contributed by atoms with Crippen LogP contribution in [0.15, 0.2) is 36.5 Å². The fraction of sp³-hybridized carbons (Fsp3) is 0.357. The number of piperazine rings is 1. The Kier molecular flexibility index (Phi) is 2.69. The van der Waals surface area contributed by atoms with Gasteiger partial charge in [0.25, 0.3) is 0 Å². The second kappa shape index (κ2) is 4.34. The van der Waals surface area contributed by atoms with E-state index in [1.807, 2.05) is 12.3 Å². The smallest absolute Gasteiger partial charge is 0.0722 e. The van der Waals surface area contributed by atoms with Crippen molar-refractivity contribution in [1.29, 1.82) is 0 Å². The monoisotopic (exact) mass is 227 g/mol. The van der Waals surface area contributed by atoms with E-state index in [4.69, 9.17) is 0 Å². The Morgan fingerprint density at radius 2 is 1.82 bits per heavy atom. The van der Waals surface area contributed by atoms with E-state index in [0.29, 0.717) is 0 Å². The summed E-state index contributed by atoms with van der Waals surface area (Å²) in [5.74, 6) is 0. The zero-order valence-electron chi connectivity index (χ0n) is 10.1. The maximum absolute atomic E-state index is 4.41. The van der Waals surface area contributed by atoms with Crippen molar-refractivity contribution in [3.05, 3.63) is 36.5 Å². The van der Waals surface area contributed by atoms with Crippen molar-refractivity contribution in [3.8, 4) is 0 Å². The van der Waals surface area contributed by atoms with Gasteiger partial charge in [-0.15, -0.1) is 0 Å². The molecule has 0 amide bonds. The SMILES string of the molecule is CN1CCN(c2cccc3ncccc23)CC1. The predicted molar refractivity (Wildman–Crippen MR) is 71.5 cm³/mol. The van der Waals surface area contributed by atoms with Crippen molar-refractivity contribution in [2.24, 2.45) is 0 Å². The van der Waals surface area contributed by atoms with E-state index < -0.39 is 0 Å². The van der Waals surface area contributed by atoms with Gasteiger partial charge in [0, 0.05) is 43.4 Å². The highest BCUT2D eigenvalue weighted by Crippen LogP contribution is 2.25. The van der Waals surface area contributed by atoms with Gasteiger partial charge in [-0.3, -0.25) is 4.98 Å². The predicted octanol–water partition coefficient (Wildman–Crippen LogP) is 1.99. The van der Waals surface area contributed by atoms with E-state index in [0.717, 1.165) is 31.7 Å². The molecule has 0 atom stereocenters. The zero-order chi connectivity index (χ0) is 11.7. The number of rotatable bonds is 1. The molecule has 1 aliphatic heterocycles. The standard InChI is InChI=1S/C14H17N3/c1-16-8-10-17(11-9-16)14-6-2-5-13-12(14)4-3-7-15-13/h2-7H,8-11H2,1H3. The molecule has 3 rings (SSSR count). The number of nitrogens with zero attached hydrogens (tertiary/aromatic N) is 3. The lowest BCUT2D eigenvalue weighted by Gasteiger charge is -2.34. The first-order valence-electron chi connectivity index (χ1n) is 6.12. The Bertz CT molecular complexity index is 510. The van der Waals surface area contributed by atoms with E-state index in [-0.39, 0.29) is 0 Å². The summed E-state index contributed by atoms with van der Waals surface area (Å²) >= 11 is 0. The van der Waals surface area contributed by atoms with Crippen molar-refractivity contribution in [2.75, 3.05) is 38.1 Å². The zero-order valence-corrected chi connectivity index (χ0v) is 10.1. The number of aromatic nitrogens is 1. The molecule has 0 saturated carbocycles. The van der Waals surface area contributed by atoms with Crippen molar-refractivity contribution in [3.63, 3.8) is 0 Å². The average Bonchev–Trinajstić information content (AvgIpc) is 2.39. The van der Waals surface area contributed by atoms with Crippen LogP contribution in [0.25, 0.3) is 10.9 Å². The number of fused-ring (bicyclic) bond motifs is 1. The third-order valence-corrected chi connectivity index (χ3v) is 3.47. The second-order valence-electron chi connectivity index (χ2n) is 4.64. The Balaban J connectivity index is 2.00. The fourth-order valence-corrected chi connectivity index (χ4v) is 2.41. The van der Waals surface area contributed by atoms with Gasteiger partial charge in [-0.2, -0.15) is 0 Å². The number of likely N-dealkylation sites (N-methyl/N-ethyl adjacent to an activating group) is 1. The van der Waals surface area contributed by atoms with Crippen molar-refractivity contribution in [2.45, 2.75) is 0 Å². The van der Waals surface area contributed by atoms with Gasteiger partial charge in [0.1, 0.15) is 0 Å². The van der Waals surface area contributed by atoms with Gasteiger partial charge in [-0.05, 0) is 31.3 Å². The Hall–Kier alpha value is -1.61. The summed E-state index contributed by atoms with van der Waals surface area (Å²) in [6.07, 6.45) is 1.86. The van der Waals surface area contributed by atoms with E-state index in [2.05, 4.69) is 46.1 Å². The molecule has 1 aliphatic rings. The summed E-state index contributed by atoms with van der Waals surface area (Å²) in [4.78, 5) is 9.25. The third kappa shape index (κ3) is 1.98. The first-order chi connectivity index (χ1) is 8.34. The van der Waals surface area contributed by atoms with Gasteiger partial charge in [0.15, 0.2) is 0 Å². The van der Waals surface area contributed by atoms with Crippen molar-refractivity contribution < 1.29 is 0 Å². The maximum Gasteiger partial charge on any atom is 0.0722 e. The molecule has 2 aromatic rings. The summed E-state index contributed by atoms with van der Waals surface area (Å²) in [7, 11) is 2.18. The molecule has 3 heteroatoms. The van der Waals surface area contributed by atoms with Gasteiger partial charge >= 0.3 is 0 Å². The van der Waals surface area contributed by atoms with Gasteiger partial charge in [-0.1, -0.05) is 6.07 Å². The lowest BCUT2D eigenvalue weighted by molar-refractivity contribution is 0.313. The molecule has 0 unspecified atom stereocenters. The summed E-state index contributed by atoms with van der Waals surface area (Å²) in [6.45, 7) is 4.47. The molecule has 0 aliphatic carbocycles. The minimum absolute atomic E-state index is 1.09. The quantitative estimate of drug-likeness (QED) is 0.742. The molecule has 0 bridgehead atoms. The molecule has 1 saturated heterocycles. The Labute approximate surface area is 102 Å². The average molecular weight is 227 g/mol. The van der Waals surface area contributed by atoms with Crippen LogP contribution in [0.3, 0.4) is 0 Å². The number of hydrogen-bond donors (Lipinski definition) is 0. The number of benzene rings is 1. The molecule has 1 aromatic carbocycles. The molecular formula is C14H17N3. The first kappa shape index (κ1) is 10.5. The van der Waals surface area contributed by atoms with Gasteiger partial charge in [0.05, 0.1) is 5.52 Å². The minimum atomic E-state index is 1.09. The van der Waals surface area contributed by atoms with E-state index in [1.165, 1.54) is 11.1 Å². The molecule has 2 heterocycles. The summed E-state index contributed by atoms with van der Waals surface area (Å²) in [6, 6.07) is 10.6. The van der Waals surface area contributed by atoms with Crippen molar-refractivity contribution >= 4 is 16.6 Å². The Morgan fingerprint density at radius 3 is 2.65 bits per heavy atom. The molecule has 88 valence electrons. The molecular weight excluding hydrogens is 210 g/mol. The lowest BCUT2D eigenvalue weighted by atomic mass is 10.1. The van der Waals surface area contributed by atoms with Crippen LogP contribution in [-0.2, 0) is 0 Å². The minimum Gasteiger partial charge on any atom is -0.368 e. The van der Waals surface area contributed by atoms with Crippen LogP contribution in [-0.4, -0.2) is 43.1 Å². The lowest BCUT2D eigenvalue weighted by Crippen LogP contribution is -2.44. The Morgan fingerprint density at radius 1 is 1.00 bits per heavy atom. The highest BCUT2D eigenvalue weighted by molar-refractivity contribution is 5.91. The highest BCUT2D eigenvalue weighted by atomic mass is 15.2. The highest BCUT2D eigenvalue weighted by Gasteiger charge is 2.15. The summed E-state index contributed by atoms with van der Waals surface area (Å²) < 4.78 is 0. The summed E-state index contributed by atoms with van der Waals surface area (Å²) in [5.41, 5.74) is 2.41. The van der Waals surface area contributed by atoms with E-state index >= 15 is 0 Å². The number of hydrogen-bond acceptors (Lipinski definition) is 3. The van der Waals surface area contributed by atoms with E-state index in [9.17, 15) is 0 Å². The largest absolute Gasteiger partial charge is 0.368 e. The molecule has 1 aromatic heterocycles. The van der Waals surface area contributed by atoms with Gasteiger partial charge in [-0.25, -0.2) is 0 Å². The van der Waals surface area contributed by atoms with Crippen LogP contribution in [0.4, 0.5) is 5.69 Å². The first-order valence-corrected chi connectivity index (χ1v) is 6.12. The van der Waals surface area contributed by atoms with E-state index in [1.54, 1.807) is 0 Å². The van der Waals surface area contributed by atoms with Crippen LogP contribution < -0.4 is 4.90 Å². The van der Waals surface area contributed by atoms with Crippen LogP contribution in [0.2, 0.25) is 0 Å². The topological polar surface area (TPSA) is 19.4 Å². The molecule has 17 heavy (non-hydrogen) atoms.